The molecule has 0 radical (unpaired) electrons. The molecule has 0 saturated heterocycles. The van der Waals surface area contributed by atoms with Crippen molar-refractivity contribution in [2.75, 3.05) is 5.32 Å². The third kappa shape index (κ3) is 3.92. The van der Waals surface area contributed by atoms with Crippen molar-refractivity contribution in [3.8, 4) is 6.07 Å². The Morgan fingerprint density at radius 3 is 2.68 bits per heavy atom. The first-order valence-corrected chi connectivity index (χ1v) is 8.74. The fourth-order valence-corrected chi connectivity index (χ4v) is 3.92. The molecule has 1 aliphatic carbocycles. The molecule has 0 unspecified atom stereocenters. The van der Waals surface area contributed by atoms with Gasteiger partial charge in [-0.25, -0.2) is 5.43 Å². The number of carbonyl (C=O) groups is 2. The number of aryl methyl sites for hydroxylation is 1. The number of amides is 2. The van der Waals surface area contributed by atoms with Crippen LogP contribution in [0.3, 0.4) is 0 Å². The van der Waals surface area contributed by atoms with Crippen LogP contribution in [0.25, 0.3) is 0 Å². The first kappa shape index (κ1) is 16.9. The van der Waals surface area contributed by atoms with Crippen molar-refractivity contribution in [3.05, 3.63) is 51.9 Å². The number of nitrogens with one attached hydrogen (secondary N) is 2. The number of benzene rings is 1. The SMILES string of the molecule is N#Cc1c(NC(=O)C(=O)NN=Cc2ccccc2)sc2c1CCCC2. The molecule has 25 heavy (non-hydrogen) atoms. The maximum atomic E-state index is 12.0. The lowest BCUT2D eigenvalue weighted by molar-refractivity contribution is -0.136. The zero-order chi connectivity index (χ0) is 17.6. The first-order valence-electron chi connectivity index (χ1n) is 7.93. The highest BCUT2D eigenvalue weighted by atomic mass is 32.1. The van der Waals surface area contributed by atoms with Gasteiger partial charge in [0.05, 0.1) is 11.8 Å². The van der Waals surface area contributed by atoms with Gasteiger partial charge in [-0.3, -0.25) is 9.59 Å². The number of nitriles is 1. The van der Waals surface area contributed by atoms with Gasteiger partial charge in [0.2, 0.25) is 0 Å². The van der Waals surface area contributed by atoms with Crippen LogP contribution in [0.4, 0.5) is 5.00 Å². The summed E-state index contributed by atoms with van der Waals surface area (Å²) in [5.74, 6) is -1.71. The molecule has 0 saturated carbocycles. The lowest BCUT2D eigenvalue weighted by atomic mass is 9.96. The van der Waals surface area contributed by atoms with Gasteiger partial charge in [0.25, 0.3) is 0 Å². The van der Waals surface area contributed by atoms with Crippen LogP contribution in [0.15, 0.2) is 35.4 Å². The molecule has 1 aromatic heterocycles. The van der Waals surface area contributed by atoms with Crippen LogP contribution in [0.1, 0.15) is 34.4 Å². The fraction of sp³-hybridized carbons (Fsp3) is 0.222. The van der Waals surface area contributed by atoms with Crippen LogP contribution in [0, 0.1) is 11.3 Å². The molecule has 0 bridgehead atoms. The number of hydrogen-bond donors (Lipinski definition) is 2. The summed E-state index contributed by atoms with van der Waals surface area (Å²) in [5, 5.41) is 16.1. The van der Waals surface area contributed by atoms with Gasteiger partial charge >= 0.3 is 11.8 Å². The standard InChI is InChI=1S/C18H16N4O2S/c19-10-14-13-8-4-5-9-15(13)25-18(14)21-16(23)17(24)22-20-11-12-6-2-1-3-7-12/h1-3,6-7,11H,4-5,8-9H2,(H,21,23)(H,22,24). The monoisotopic (exact) mass is 352 g/mol. The molecule has 7 heteroatoms. The highest BCUT2D eigenvalue weighted by Crippen LogP contribution is 2.37. The Morgan fingerprint density at radius 2 is 1.92 bits per heavy atom. The van der Waals surface area contributed by atoms with E-state index < -0.39 is 11.8 Å². The number of anilines is 1. The van der Waals surface area contributed by atoms with E-state index in [0.29, 0.717) is 10.6 Å². The molecule has 2 aromatic rings. The van der Waals surface area contributed by atoms with Gasteiger partial charge < -0.3 is 5.32 Å². The third-order valence-electron chi connectivity index (χ3n) is 3.90. The van der Waals surface area contributed by atoms with Crippen LogP contribution in [0.2, 0.25) is 0 Å². The predicted molar refractivity (Wildman–Crippen MR) is 96.5 cm³/mol. The van der Waals surface area contributed by atoms with E-state index in [1.165, 1.54) is 17.6 Å². The summed E-state index contributed by atoms with van der Waals surface area (Å²) < 4.78 is 0. The number of hydrogen-bond acceptors (Lipinski definition) is 5. The van der Waals surface area contributed by atoms with Crippen molar-refractivity contribution in [3.63, 3.8) is 0 Å². The second kappa shape index (κ2) is 7.73. The van der Waals surface area contributed by atoms with Crippen molar-refractivity contribution in [1.29, 1.82) is 5.26 Å². The number of rotatable bonds is 3. The summed E-state index contributed by atoms with van der Waals surface area (Å²) in [6, 6.07) is 11.4. The highest BCUT2D eigenvalue weighted by Gasteiger charge is 2.23. The number of nitrogens with zero attached hydrogens (tertiary/aromatic N) is 2. The smallest absolute Gasteiger partial charge is 0.308 e. The Kier molecular flexibility index (Phi) is 5.21. The van der Waals surface area contributed by atoms with Gasteiger partial charge in [-0.15, -0.1) is 11.3 Å². The van der Waals surface area contributed by atoms with Crippen molar-refractivity contribution in [2.24, 2.45) is 5.10 Å². The molecule has 0 atom stereocenters. The van der Waals surface area contributed by atoms with E-state index >= 15 is 0 Å². The van der Waals surface area contributed by atoms with Crippen LogP contribution < -0.4 is 10.7 Å². The largest absolute Gasteiger partial charge is 0.329 e. The van der Waals surface area contributed by atoms with Gasteiger partial charge in [0.1, 0.15) is 11.1 Å². The average Bonchev–Trinajstić information content (AvgIpc) is 2.99. The molecule has 0 fully saturated rings. The molecule has 3 rings (SSSR count). The van der Waals surface area contributed by atoms with E-state index in [-0.39, 0.29) is 0 Å². The first-order chi connectivity index (χ1) is 12.2. The zero-order valence-corrected chi connectivity index (χ0v) is 14.2. The summed E-state index contributed by atoms with van der Waals surface area (Å²) in [7, 11) is 0. The minimum atomic E-state index is -0.873. The molecule has 1 aliphatic rings. The van der Waals surface area contributed by atoms with Crippen molar-refractivity contribution < 1.29 is 9.59 Å². The zero-order valence-electron chi connectivity index (χ0n) is 13.4. The van der Waals surface area contributed by atoms with Crippen molar-refractivity contribution in [1.82, 2.24) is 5.43 Å². The predicted octanol–water partition coefficient (Wildman–Crippen LogP) is 2.59. The maximum Gasteiger partial charge on any atom is 0.329 e. The van der Waals surface area contributed by atoms with E-state index in [1.54, 1.807) is 0 Å². The van der Waals surface area contributed by atoms with E-state index in [4.69, 9.17) is 0 Å². The molecule has 1 heterocycles. The van der Waals surface area contributed by atoms with E-state index in [2.05, 4.69) is 21.9 Å². The molecule has 6 nitrogen and oxygen atoms in total. The molecular formula is C18H16N4O2S. The summed E-state index contributed by atoms with van der Waals surface area (Å²) in [6.07, 6.45) is 5.34. The van der Waals surface area contributed by atoms with Crippen LogP contribution in [-0.2, 0) is 22.4 Å². The van der Waals surface area contributed by atoms with Crippen LogP contribution in [-0.4, -0.2) is 18.0 Å². The summed E-state index contributed by atoms with van der Waals surface area (Å²) >= 11 is 1.38. The van der Waals surface area contributed by atoms with E-state index in [1.807, 2.05) is 30.3 Å². The summed E-state index contributed by atoms with van der Waals surface area (Å²) in [5.41, 5.74) is 4.49. The Bertz CT molecular complexity index is 865. The van der Waals surface area contributed by atoms with Crippen molar-refractivity contribution in [2.45, 2.75) is 25.7 Å². The average molecular weight is 352 g/mol. The number of thiophene rings is 1. The molecule has 0 aliphatic heterocycles. The second-order valence-corrected chi connectivity index (χ2v) is 6.70. The quantitative estimate of drug-likeness (QED) is 0.505. The lowest BCUT2D eigenvalue weighted by Gasteiger charge is -2.09. The normalized spacial score (nSPS) is 13.1. The van der Waals surface area contributed by atoms with E-state index in [0.717, 1.165) is 41.7 Å². The molecule has 2 amide bonds. The van der Waals surface area contributed by atoms with Crippen molar-refractivity contribution >= 4 is 34.4 Å². The van der Waals surface area contributed by atoms with E-state index in [9.17, 15) is 14.9 Å². The van der Waals surface area contributed by atoms with Crippen LogP contribution >= 0.6 is 11.3 Å². The number of hydrazone groups is 1. The Morgan fingerprint density at radius 1 is 1.16 bits per heavy atom. The molecule has 2 N–H and O–H groups in total. The summed E-state index contributed by atoms with van der Waals surface area (Å²) in [6.45, 7) is 0. The van der Waals surface area contributed by atoms with Gasteiger partial charge in [0, 0.05) is 4.88 Å². The van der Waals surface area contributed by atoms with Gasteiger partial charge in [-0.2, -0.15) is 10.4 Å². The van der Waals surface area contributed by atoms with Gasteiger partial charge in [-0.1, -0.05) is 30.3 Å². The topological polar surface area (TPSA) is 94.4 Å². The number of carbonyl (C=O) groups excluding carboxylic acids is 2. The second-order valence-electron chi connectivity index (χ2n) is 5.59. The van der Waals surface area contributed by atoms with Gasteiger partial charge in [-0.05, 0) is 36.8 Å². The van der Waals surface area contributed by atoms with Gasteiger partial charge in [0.15, 0.2) is 0 Å². The molecule has 126 valence electrons. The summed E-state index contributed by atoms with van der Waals surface area (Å²) in [4.78, 5) is 25.0. The third-order valence-corrected chi connectivity index (χ3v) is 5.10. The van der Waals surface area contributed by atoms with Crippen LogP contribution in [0.5, 0.6) is 0 Å². The molecular weight excluding hydrogens is 336 g/mol. The Labute approximate surface area is 149 Å². The fourth-order valence-electron chi connectivity index (χ4n) is 2.69. The Balaban J connectivity index is 1.64. The minimum absolute atomic E-state index is 0.446. The minimum Gasteiger partial charge on any atom is -0.308 e. The Hall–Kier alpha value is -2.98. The molecule has 1 aromatic carbocycles. The number of fused-ring (bicyclic) bond motifs is 1. The molecule has 0 spiro atoms. The lowest BCUT2D eigenvalue weighted by Crippen LogP contribution is -2.32. The maximum absolute atomic E-state index is 12.0. The highest BCUT2D eigenvalue weighted by molar-refractivity contribution is 7.16.